The van der Waals surface area contributed by atoms with Crippen LogP contribution < -0.4 is 21.3 Å². The van der Waals surface area contributed by atoms with Gasteiger partial charge in [-0.05, 0) is 20.8 Å². The van der Waals surface area contributed by atoms with E-state index in [0.29, 0.717) is 6.54 Å². The molecule has 4 N–H and O–H groups in total. The fourth-order valence-electron chi connectivity index (χ4n) is 1.35. The van der Waals surface area contributed by atoms with Crippen molar-refractivity contribution in [2.75, 3.05) is 19.8 Å². The molecule has 0 saturated carbocycles. The van der Waals surface area contributed by atoms with E-state index in [4.69, 9.17) is 0 Å². The van der Waals surface area contributed by atoms with Gasteiger partial charge in [0.05, 0.1) is 13.2 Å². The normalized spacial score (nSPS) is 11.6. The molecule has 0 rings (SSSR count). The maximum atomic E-state index is 11.3. The van der Waals surface area contributed by atoms with Crippen molar-refractivity contribution in [1.29, 1.82) is 0 Å². The second kappa shape index (κ2) is 13.4. The van der Waals surface area contributed by atoms with Crippen molar-refractivity contribution in [2.24, 2.45) is 0 Å². The Kier molecular flexibility index (Phi) is 11.8. The molecule has 1 unspecified atom stereocenters. The van der Waals surface area contributed by atoms with Gasteiger partial charge in [0.25, 0.3) is 11.8 Å². The van der Waals surface area contributed by atoms with E-state index in [0.717, 1.165) is 12.2 Å². The number of hydrogen-bond acceptors (Lipinski definition) is 8. The third-order valence-corrected chi connectivity index (χ3v) is 2.39. The van der Waals surface area contributed by atoms with Gasteiger partial charge < -0.3 is 20.1 Å². The first-order valence-corrected chi connectivity index (χ1v) is 7.67. The average molecular weight is 356 g/mol. The van der Waals surface area contributed by atoms with Gasteiger partial charge in [0.1, 0.15) is 0 Å². The third kappa shape index (κ3) is 13.1. The Balaban J connectivity index is 3.94. The van der Waals surface area contributed by atoms with Crippen LogP contribution in [0, 0.1) is 0 Å². The van der Waals surface area contributed by atoms with E-state index in [1.807, 2.05) is 17.6 Å². The second-order valence-corrected chi connectivity index (χ2v) is 4.56. The summed E-state index contributed by atoms with van der Waals surface area (Å²) in [6, 6.07) is -0.0792. The van der Waals surface area contributed by atoms with E-state index in [9.17, 15) is 19.2 Å². The maximum absolute atomic E-state index is 11.3. The van der Waals surface area contributed by atoms with E-state index in [1.54, 1.807) is 13.8 Å². The minimum absolute atomic E-state index is 0.0792. The van der Waals surface area contributed by atoms with Crippen LogP contribution in [-0.4, -0.2) is 49.8 Å². The lowest BCUT2D eigenvalue weighted by Crippen LogP contribution is -2.33. The molecule has 0 bridgehead atoms. The van der Waals surface area contributed by atoms with Crippen molar-refractivity contribution in [3.05, 3.63) is 24.6 Å². The summed E-state index contributed by atoms with van der Waals surface area (Å²) in [5.74, 6) is -1.22. The molecular formula is C15H24N4O6. The Morgan fingerprint density at radius 3 is 1.84 bits per heavy atom. The summed E-state index contributed by atoms with van der Waals surface area (Å²) >= 11 is 0. The number of imide groups is 2. The van der Waals surface area contributed by atoms with Gasteiger partial charge in [0, 0.05) is 37.1 Å². The summed E-state index contributed by atoms with van der Waals surface area (Å²) in [5, 5.41) is 9.75. The number of amides is 4. The first-order valence-electron chi connectivity index (χ1n) is 7.67. The largest absolute Gasteiger partial charge is 0.450 e. The molecule has 0 aliphatic rings. The number of nitrogens with one attached hydrogen (secondary N) is 4. The van der Waals surface area contributed by atoms with Crippen LogP contribution in [0.15, 0.2) is 24.6 Å². The Morgan fingerprint density at radius 2 is 1.36 bits per heavy atom. The summed E-state index contributed by atoms with van der Waals surface area (Å²) in [4.78, 5) is 44.6. The summed E-state index contributed by atoms with van der Waals surface area (Å²) in [6.45, 7) is 5.88. The minimum atomic E-state index is -0.807. The molecule has 25 heavy (non-hydrogen) atoms. The molecule has 0 aromatic rings. The van der Waals surface area contributed by atoms with Crippen molar-refractivity contribution in [2.45, 2.75) is 26.8 Å². The van der Waals surface area contributed by atoms with Crippen LogP contribution in [0.1, 0.15) is 20.8 Å². The highest BCUT2D eigenvalue weighted by atomic mass is 16.6. The van der Waals surface area contributed by atoms with Crippen LogP contribution in [-0.2, 0) is 19.1 Å². The van der Waals surface area contributed by atoms with Crippen LogP contribution in [0.4, 0.5) is 9.59 Å². The molecule has 0 radical (unpaired) electrons. The van der Waals surface area contributed by atoms with Crippen molar-refractivity contribution in [1.82, 2.24) is 21.3 Å². The number of rotatable bonds is 9. The fraction of sp³-hybridized carbons (Fsp3) is 0.467. The van der Waals surface area contributed by atoms with Crippen molar-refractivity contribution >= 4 is 24.0 Å². The lowest BCUT2D eigenvalue weighted by atomic mass is 10.3. The first-order chi connectivity index (χ1) is 11.9. The third-order valence-electron chi connectivity index (χ3n) is 2.39. The number of hydrogen-bond donors (Lipinski definition) is 4. The maximum Gasteiger partial charge on any atom is 0.414 e. The van der Waals surface area contributed by atoms with Gasteiger partial charge in [0.15, 0.2) is 0 Å². The van der Waals surface area contributed by atoms with Crippen molar-refractivity contribution < 1.29 is 28.7 Å². The van der Waals surface area contributed by atoms with Gasteiger partial charge in [-0.2, -0.15) is 0 Å². The molecule has 0 aromatic heterocycles. The average Bonchev–Trinajstić information content (AvgIpc) is 2.51. The van der Waals surface area contributed by atoms with Crippen molar-refractivity contribution in [3.8, 4) is 0 Å². The van der Waals surface area contributed by atoms with Gasteiger partial charge in [-0.15, -0.1) is 0 Å². The predicted octanol–water partition coefficient (Wildman–Crippen LogP) is 0.127. The summed E-state index contributed by atoms with van der Waals surface area (Å²) in [6.07, 6.45) is 3.45. The second-order valence-electron chi connectivity index (χ2n) is 4.56. The number of carbonyl (C=O) groups is 4. The monoisotopic (exact) mass is 356 g/mol. The highest BCUT2D eigenvalue weighted by Gasteiger charge is 2.05. The molecule has 0 heterocycles. The molecule has 0 aromatic carbocycles. The number of ether oxygens (including phenoxy) is 2. The van der Waals surface area contributed by atoms with Crippen LogP contribution in [0.25, 0.3) is 0 Å². The zero-order valence-electron chi connectivity index (χ0n) is 14.5. The molecular weight excluding hydrogens is 332 g/mol. The van der Waals surface area contributed by atoms with Crippen LogP contribution in [0.3, 0.4) is 0 Å². The van der Waals surface area contributed by atoms with Crippen molar-refractivity contribution in [3.63, 3.8) is 0 Å². The quantitative estimate of drug-likeness (QED) is 0.428. The summed E-state index contributed by atoms with van der Waals surface area (Å²) in [5.41, 5.74) is 0. The molecule has 0 aliphatic carbocycles. The van der Waals surface area contributed by atoms with Crippen LogP contribution >= 0.6 is 0 Å². The van der Waals surface area contributed by atoms with E-state index in [2.05, 4.69) is 20.1 Å². The van der Waals surface area contributed by atoms with Gasteiger partial charge in [0.2, 0.25) is 0 Å². The molecule has 1 atom stereocenters. The smallest absolute Gasteiger partial charge is 0.414 e. The first kappa shape index (κ1) is 22.0. The lowest BCUT2D eigenvalue weighted by Gasteiger charge is -2.11. The van der Waals surface area contributed by atoms with Crippen LogP contribution in [0.2, 0.25) is 0 Å². The Hall–Kier alpha value is -3.04. The van der Waals surface area contributed by atoms with Gasteiger partial charge in [-0.1, -0.05) is 0 Å². The Bertz CT molecular complexity index is 518. The fourth-order valence-corrected chi connectivity index (χ4v) is 1.35. The molecule has 10 heteroatoms. The van der Waals surface area contributed by atoms with Gasteiger partial charge in [-0.3, -0.25) is 20.2 Å². The van der Waals surface area contributed by atoms with E-state index < -0.39 is 24.0 Å². The molecule has 0 saturated heterocycles. The van der Waals surface area contributed by atoms with Crippen LogP contribution in [0.5, 0.6) is 0 Å². The van der Waals surface area contributed by atoms with E-state index in [1.165, 1.54) is 12.4 Å². The standard InChI is InChI=1S/C15H24N4O6/c1-4-24-14(22)18-12(20)6-8-16-10-11(3)17-9-7-13(21)19-15(23)25-5-2/h6-9,11,16-17H,4-5,10H2,1-3H3,(H,18,20,22)(H,19,21,23)/b8-6+,9-7+. The summed E-state index contributed by atoms with van der Waals surface area (Å²) in [7, 11) is 0. The molecule has 4 amide bonds. The Morgan fingerprint density at radius 1 is 0.880 bits per heavy atom. The SMILES string of the molecule is CCOC(=O)NC(=O)/C=C/NCC(C)N/C=C/C(=O)NC(=O)OCC. The molecule has 0 aliphatic heterocycles. The van der Waals surface area contributed by atoms with Gasteiger partial charge in [-0.25, -0.2) is 9.59 Å². The topological polar surface area (TPSA) is 135 Å². The molecule has 0 fully saturated rings. The molecule has 0 spiro atoms. The highest BCUT2D eigenvalue weighted by Crippen LogP contribution is 1.83. The van der Waals surface area contributed by atoms with E-state index >= 15 is 0 Å². The zero-order chi connectivity index (χ0) is 19.1. The highest BCUT2D eigenvalue weighted by molar-refractivity contribution is 5.98. The van der Waals surface area contributed by atoms with E-state index in [-0.39, 0.29) is 19.3 Å². The predicted molar refractivity (Wildman–Crippen MR) is 89.2 cm³/mol. The van der Waals surface area contributed by atoms with Gasteiger partial charge >= 0.3 is 12.2 Å². The zero-order valence-corrected chi connectivity index (χ0v) is 14.5. The molecule has 10 nitrogen and oxygen atoms in total. The number of carbonyl (C=O) groups excluding carboxylic acids is 4. The minimum Gasteiger partial charge on any atom is -0.450 e. The number of alkyl carbamates (subject to hydrolysis) is 2. The molecule has 140 valence electrons. The lowest BCUT2D eigenvalue weighted by molar-refractivity contribution is -0.116. The summed E-state index contributed by atoms with van der Waals surface area (Å²) < 4.78 is 9.11. The Labute approximate surface area is 146 Å².